The van der Waals surface area contributed by atoms with Gasteiger partial charge in [0, 0.05) is 5.03 Å². The van der Waals surface area contributed by atoms with Crippen molar-refractivity contribution in [3.63, 3.8) is 0 Å². The zero-order chi connectivity index (χ0) is 12.6. The van der Waals surface area contributed by atoms with Crippen LogP contribution in [0.4, 0.5) is 0 Å². The lowest BCUT2D eigenvalue weighted by Crippen LogP contribution is -2.60. The number of carboxylic acids is 1. The first-order valence-corrected chi connectivity index (χ1v) is 6.36. The third-order valence-electron chi connectivity index (χ3n) is 3.03. The van der Waals surface area contributed by atoms with Crippen molar-refractivity contribution in [3.8, 4) is 0 Å². The monoisotopic (exact) mass is 342 g/mol. The SMILES string of the molecule is O=C(O)C1(Cl)C2(Cl)C=C(Cl)C(Cl)(C2)C1(Cl)Cl. The molecule has 3 atom stereocenters. The van der Waals surface area contributed by atoms with Crippen LogP contribution in [-0.4, -0.2) is 30.0 Å². The summed E-state index contributed by atoms with van der Waals surface area (Å²) < 4.78 is -2.00. The third-order valence-corrected chi connectivity index (χ3v) is 7.19. The van der Waals surface area contributed by atoms with Crippen LogP contribution in [0.2, 0.25) is 0 Å². The molecule has 0 heterocycles. The Balaban J connectivity index is 2.74. The number of aliphatic carboxylic acids is 1. The summed E-state index contributed by atoms with van der Waals surface area (Å²) in [4.78, 5) is 6.18. The first-order valence-electron chi connectivity index (χ1n) is 4.10. The van der Waals surface area contributed by atoms with Gasteiger partial charge in [-0.15, -0.1) is 34.8 Å². The van der Waals surface area contributed by atoms with Gasteiger partial charge in [-0.1, -0.05) is 34.8 Å². The van der Waals surface area contributed by atoms with Crippen LogP contribution in [0.3, 0.4) is 0 Å². The van der Waals surface area contributed by atoms with Gasteiger partial charge in [0.25, 0.3) is 0 Å². The van der Waals surface area contributed by atoms with Gasteiger partial charge < -0.3 is 5.11 Å². The van der Waals surface area contributed by atoms with Crippen LogP contribution in [0.25, 0.3) is 0 Å². The van der Waals surface area contributed by atoms with Crippen LogP contribution < -0.4 is 0 Å². The molecular formula is C8H4Cl6O2. The Bertz CT molecular complexity index is 421. The Morgan fingerprint density at radius 2 is 1.75 bits per heavy atom. The van der Waals surface area contributed by atoms with E-state index in [9.17, 15) is 9.90 Å². The number of carboxylic acid groups (broad SMARTS) is 1. The topological polar surface area (TPSA) is 37.3 Å². The average molecular weight is 345 g/mol. The van der Waals surface area contributed by atoms with Gasteiger partial charge in [-0.2, -0.15) is 0 Å². The predicted molar refractivity (Wildman–Crippen MR) is 66.4 cm³/mol. The maximum atomic E-state index is 11.3. The molecule has 2 aliphatic carbocycles. The summed E-state index contributed by atoms with van der Waals surface area (Å²) in [6.07, 6.45) is 1.26. The minimum Gasteiger partial charge on any atom is -0.480 e. The zero-order valence-corrected chi connectivity index (χ0v) is 11.9. The lowest BCUT2D eigenvalue weighted by molar-refractivity contribution is -0.140. The Morgan fingerprint density at radius 1 is 1.25 bits per heavy atom. The Morgan fingerprint density at radius 3 is 2.06 bits per heavy atom. The fourth-order valence-electron chi connectivity index (χ4n) is 2.13. The quantitative estimate of drug-likeness (QED) is 0.736. The summed E-state index contributed by atoms with van der Waals surface area (Å²) in [7, 11) is 0. The van der Waals surface area contributed by atoms with E-state index in [1.807, 2.05) is 0 Å². The third kappa shape index (κ3) is 1.12. The normalized spacial score (nSPS) is 49.2. The molecule has 2 rings (SSSR count). The molecule has 0 aliphatic heterocycles. The number of allylic oxidation sites excluding steroid dienone is 2. The first kappa shape index (κ1) is 13.4. The van der Waals surface area contributed by atoms with Crippen molar-refractivity contribution in [3.05, 3.63) is 11.1 Å². The maximum Gasteiger partial charge on any atom is 0.330 e. The van der Waals surface area contributed by atoms with Crippen molar-refractivity contribution in [2.75, 3.05) is 0 Å². The molecule has 8 heteroatoms. The minimum atomic E-state index is -2.12. The van der Waals surface area contributed by atoms with Crippen molar-refractivity contribution >= 4 is 75.6 Å². The summed E-state index contributed by atoms with van der Waals surface area (Å²) in [6, 6.07) is 0. The fourth-order valence-corrected chi connectivity index (χ4v) is 4.95. The van der Waals surface area contributed by atoms with E-state index in [4.69, 9.17) is 69.6 Å². The molecule has 0 radical (unpaired) electrons. The van der Waals surface area contributed by atoms with Crippen LogP contribution >= 0.6 is 69.6 Å². The van der Waals surface area contributed by atoms with Gasteiger partial charge in [0.15, 0.2) is 9.21 Å². The molecule has 1 N–H and O–H groups in total. The molecule has 0 spiro atoms. The molecule has 1 fully saturated rings. The number of hydrogen-bond acceptors (Lipinski definition) is 1. The van der Waals surface area contributed by atoms with Crippen LogP contribution in [0.1, 0.15) is 6.42 Å². The van der Waals surface area contributed by atoms with Gasteiger partial charge in [-0.05, 0) is 12.5 Å². The van der Waals surface area contributed by atoms with E-state index < -0.39 is 24.9 Å². The number of rotatable bonds is 1. The number of hydrogen-bond donors (Lipinski definition) is 1. The average Bonchev–Trinajstić information content (AvgIpc) is 2.42. The summed E-state index contributed by atoms with van der Waals surface area (Å²) >= 11 is 36.2. The minimum absolute atomic E-state index is 0.0370. The molecule has 90 valence electrons. The molecule has 2 aliphatic rings. The first-order chi connectivity index (χ1) is 7.03. The second-order valence-electron chi connectivity index (χ2n) is 3.87. The molecule has 3 unspecified atom stereocenters. The number of fused-ring (bicyclic) bond motifs is 2. The van der Waals surface area contributed by atoms with Crippen molar-refractivity contribution in [1.29, 1.82) is 0 Å². The maximum absolute atomic E-state index is 11.3. The largest absolute Gasteiger partial charge is 0.480 e. The molecule has 2 bridgehead atoms. The van der Waals surface area contributed by atoms with E-state index in [1.165, 1.54) is 6.08 Å². The van der Waals surface area contributed by atoms with Gasteiger partial charge in [0.05, 0.1) is 4.87 Å². The lowest BCUT2D eigenvalue weighted by atomic mass is 9.90. The van der Waals surface area contributed by atoms with Gasteiger partial charge in [0.2, 0.25) is 0 Å². The fraction of sp³-hybridized carbons (Fsp3) is 0.625. The highest BCUT2D eigenvalue weighted by Gasteiger charge is 2.83. The summed E-state index contributed by atoms with van der Waals surface area (Å²) in [6.45, 7) is 0. The Labute approximate surface area is 121 Å². The van der Waals surface area contributed by atoms with E-state index in [1.54, 1.807) is 0 Å². The highest BCUT2D eigenvalue weighted by molar-refractivity contribution is 6.66. The Hall–Kier alpha value is 0.950. The van der Waals surface area contributed by atoms with Crippen LogP contribution in [0, 0.1) is 0 Å². The van der Waals surface area contributed by atoms with Crippen LogP contribution in [-0.2, 0) is 4.79 Å². The second-order valence-corrected chi connectivity index (χ2v) is 7.49. The van der Waals surface area contributed by atoms with Gasteiger partial charge in [-0.3, -0.25) is 4.79 Å². The van der Waals surface area contributed by atoms with E-state index in [0.717, 1.165) is 0 Å². The van der Waals surface area contributed by atoms with E-state index in [0.29, 0.717) is 0 Å². The predicted octanol–water partition coefficient (Wildman–Crippen LogP) is 3.72. The molecule has 0 amide bonds. The van der Waals surface area contributed by atoms with Gasteiger partial charge in [0.1, 0.15) is 4.87 Å². The lowest BCUT2D eigenvalue weighted by Gasteiger charge is -2.42. The molecule has 16 heavy (non-hydrogen) atoms. The summed E-state index contributed by atoms with van der Waals surface area (Å²) in [5.41, 5.74) is 0. The molecule has 0 aromatic heterocycles. The summed E-state index contributed by atoms with van der Waals surface area (Å²) in [5, 5.41) is 9.30. The highest BCUT2D eigenvalue weighted by atomic mass is 35.5. The Kier molecular flexibility index (Phi) is 2.75. The summed E-state index contributed by atoms with van der Waals surface area (Å²) in [5.74, 6) is -1.43. The van der Waals surface area contributed by atoms with Gasteiger partial charge in [-0.25, -0.2) is 0 Å². The smallest absolute Gasteiger partial charge is 0.330 e. The van der Waals surface area contributed by atoms with Crippen molar-refractivity contribution in [2.24, 2.45) is 0 Å². The van der Waals surface area contributed by atoms with Crippen molar-refractivity contribution in [2.45, 2.75) is 25.4 Å². The van der Waals surface area contributed by atoms with Crippen molar-refractivity contribution < 1.29 is 9.90 Å². The van der Waals surface area contributed by atoms with E-state index in [-0.39, 0.29) is 11.5 Å². The number of alkyl halides is 5. The van der Waals surface area contributed by atoms with E-state index >= 15 is 0 Å². The van der Waals surface area contributed by atoms with E-state index in [2.05, 4.69) is 0 Å². The van der Waals surface area contributed by atoms with Gasteiger partial charge >= 0.3 is 5.97 Å². The molecule has 0 saturated heterocycles. The van der Waals surface area contributed by atoms with Crippen molar-refractivity contribution in [1.82, 2.24) is 0 Å². The highest BCUT2D eigenvalue weighted by Crippen LogP contribution is 2.73. The molecule has 1 saturated carbocycles. The standard InChI is InChI=1S/C8H4Cl6O2/c9-3-1-5(10)2-6(3,11)8(13,14)7(5,12)4(15)16/h1H,2H2,(H,15,16). The number of halogens is 6. The van der Waals surface area contributed by atoms with Crippen LogP contribution in [0.5, 0.6) is 0 Å². The molecule has 0 aromatic rings. The molecule has 0 aromatic carbocycles. The molecular weight excluding hydrogens is 341 g/mol. The molecule has 2 nitrogen and oxygen atoms in total. The second kappa shape index (κ2) is 3.28. The zero-order valence-electron chi connectivity index (χ0n) is 7.41. The number of carbonyl (C=O) groups is 1. The van der Waals surface area contributed by atoms with Crippen LogP contribution in [0.15, 0.2) is 11.1 Å².